The molecule has 0 unspecified atom stereocenters. The average molecular weight is 442 g/mol. The number of nitrogens with zero attached hydrogens (tertiary/aromatic N) is 4. The minimum atomic E-state index is -0.511. The largest absolute Gasteiger partial charge is 0.493 e. The number of anilines is 2. The highest BCUT2D eigenvalue weighted by Gasteiger charge is 2.08. The summed E-state index contributed by atoms with van der Waals surface area (Å²) >= 11 is 6.08. The molecule has 0 radical (unpaired) electrons. The number of imidazole rings is 1. The summed E-state index contributed by atoms with van der Waals surface area (Å²) in [5, 5.41) is 18.6. The lowest BCUT2D eigenvalue weighted by Crippen LogP contribution is -2.20. The van der Waals surface area contributed by atoms with Crippen LogP contribution in [0.1, 0.15) is 12.6 Å². The maximum absolute atomic E-state index is 11.4. The first-order chi connectivity index (χ1) is 15.0. The Morgan fingerprint density at radius 3 is 2.97 bits per heavy atom. The molecule has 4 rings (SSSR count). The molecule has 0 bridgehead atoms. The summed E-state index contributed by atoms with van der Waals surface area (Å²) in [4.78, 5) is 25.4. The number of fused-ring (bicyclic) bond motifs is 1. The van der Waals surface area contributed by atoms with Crippen LogP contribution < -0.4 is 21.7 Å². The summed E-state index contributed by atoms with van der Waals surface area (Å²) in [6.45, 7) is 3.47. The van der Waals surface area contributed by atoms with Gasteiger partial charge in [-0.25, -0.2) is 9.78 Å². The Kier molecular flexibility index (Phi) is 6.01. The number of nitrogens with one attached hydrogen (secondary N) is 3. The molecule has 11 heteroatoms. The maximum Gasteiger partial charge on any atom is 0.326 e. The lowest BCUT2D eigenvalue weighted by atomic mass is 10.3. The van der Waals surface area contributed by atoms with Gasteiger partial charge in [0.1, 0.15) is 11.5 Å². The summed E-state index contributed by atoms with van der Waals surface area (Å²) in [6, 6.07) is 9.04. The summed E-state index contributed by atoms with van der Waals surface area (Å²) in [6.07, 6.45) is 3.16. The molecule has 0 aliphatic rings. The van der Waals surface area contributed by atoms with Crippen molar-refractivity contribution >= 4 is 34.8 Å². The number of rotatable bonds is 7. The molecular formula is C20H20ClN7O3. The lowest BCUT2D eigenvalue weighted by molar-refractivity contribution is 0.155. The van der Waals surface area contributed by atoms with Gasteiger partial charge in [0.15, 0.2) is 11.1 Å². The lowest BCUT2D eigenvalue weighted by Gasteiger charge is -2.07. The van der Waals surface area contributed by atoms with Crippen molar-refractivity contribution in [2.75, 3.05) is 25.1 Å². The van der Waals surface area contributed by atoms with Crippen molar-refractivity contribution < 1.29 is 9.84 Å². The zero-order valence-corrected chi connectivity index (χ0v) is 17.3. The number of aromatic amines is 2. The minimum absolute atomic E-state index is 0.227. The van der Waals surface area contributed by atoms with Crippen LogP contribution in [0.3, 0.4) is 0 Å². The third-order valence-electron chi connectivity index (χ3n) is 4.33. The molecule has 4 aromatic rings. The first kappa shape index (κ1) is 20.6. The number of halogens is 1. The van der Waals surface area contributed by atoms with Gasteiger partial charge >= 0.3 is 5.69 Å². The van der Waals surface area contributed by atoms with E-state index in [0.29, 0.717) is 47.0 Å². The molecule has 1 aromatic carbocycles. The Morgan fingerprint density at radius 2 is 2.23 bits per heavy atom. The van der Waals surface area contributed by atoms with Gasteiger partial charge in [-0.05, 0) is 31.2 Å². The second-order valence-electron chi connectivity index (χ2n) is 6.53. The van der Waals surface area contributed by atoms with Crippen molar-refractivity contribution in [3.05, 3.63) is 68.4 Å². The fourth-order valence-corrected chi connectivity index (χ4v) is 3.16. The number of ether oxygens (including phenoxy) is 1. The maximum atomic E-state index is 11.4. The topological polar surface area (TPSA) is 133 Å². The molecule has 3 heterocycles. The van der Waals surface area contributed by atoms with E-state index < -0.39 is 5.69 Å². The molecule has 0 aliphatic carbocycles. The van der Waals surface area contributed by atoms with Crippen LogP contribution in [0.15, 0.2) is 46.3 Å². The number of aromatic nitrogens is 5. The van der Waals surface area contributed by atoms with Crippen LogP contribution in [-0.4, -0.2) is 49.4 Å². The molecule has 0 fully saturated rings. The third-order valence-corrected chi connectivity index (χ3v) is 4.56. The Balaban J connectivity index is 1.84. The van der Waals surface area contributed by atoms with Crippen LogP contribution in [0, 0.1) is 0 Å². The molecule has 0 aliphatic heterocycles. The molecule has 31 heavy (non-hydrogen) atoms. The molecule has 160 valence electrons. The van der Waals surface area contributed by atoms with Gasteiger partial charge in [-0.15, -0.1) is 0 Å². The van der Waals surface area contributed by atoms with Gasteiger partial charge in [0.2, 0.25) is 5.88 Å². The van der Waals surface area contributed by atoms with Gasteiger partial charge in [0.25, 0.3) is 0 Å². The second-order valence-corrected chi connectivity index (χ2v) is 6.97. The SMILES string of the molecule is CCOCCN=c1cc(Nc2cccc(Cl)c2)nc2/c(=C\c3[nH]c(=O)[nH]c3O)cnn12. The Hall–Kier alpha value is -3.63. The smallest absolute Gasteiger partial charge is 0.326 e. The summed E-state index contributed by atoms with van der Waals surface area (Å²) in [5.41, 5.74) is 1.54. The van der Waals surface area contributed by atoms with Gasteiger partial charge in [-0.3, -0.25) is 9.98 Å². The number of aromatic hydroxyl groups is 1. The Labute approximate surface area is 180 Å². The van der Waals surface area contributed by atoms with E-state index in [-0.39, 0.29) is 11.6 Å². The van der Waals surface area contributed by atoms with Crippen LogP contribution >= 0.6 is 11.6 Å². The zero-order valence-electron chi connectivity index (χ0n) is 16.6. The highest BCUT2D eigenvalue weighted by molar-refractivity contribution is 6.30. The van der Waals surface area contributed by atoms with Crippen molar-refractivity contribution in [1.29, 1.82) is 0 Å². The van der Waals surface area contributed by atoms with E-state index in [9.17, 15) is 9.90 Å². The summed E-state index contributed by atoms with van der Waals surface area (Å²) in [7, 11) is 0. The van der Waals surface area contributed by atoms with Crippen LogP contribution in [0.5, 0.6) is 5.88 Å². The predicted molar refractivity (Wildman–Crippen MR) is 117 cm³/mol. The number of hydrogen-bond donors (Lipinski definition) is 4. The number of benzene rings is 1. The van der Waals surface area contributed by atoms with Crippen molar-refractivity contribution in [2.45, 2.75) is 6.92 Å². The fourth-order valence-electron chi connectivity index (χ4n) is 2.97. The quantitative estimate of drug-likeness (QED) is 0.320. The van der Waals surface area contributed by atoms with E-state index in [0.717, 1.165) is 5.69 Å². The van der Waals surface area contributed by atoms with Gasteiger partial charge in [-0.1, -0.05) is 17.7 Å². The summed E-state index contributed by atoms with van der Waals surface area (Å²) in [5.74, 6) is 0.269. The van der Waals surface area contributed by atoms with Crippen LogP contribution in [-0.2, 0) is 4.74 Å². The monoisotopic (exact) mass is 441 g/mol. The van der Waals surface area contributed by atoms with E-state index in [1.807, 2.05) is 19.1 Å². The molecule has 0 saturated carbocycles. The average Bonchev–Trinajstić information content (AvgIpc) is 3.28. The van der Waals surface area contributed by atoms with Gasteiger partial charge in [0.05, 0.1) is 19.3 Å². The molecule has 0 saturated heterocycles. The predicted octanol–water partition coefficient (Wildman–Crippen LogP) is 1.33. The number of hydrogen-bond acceptors (Lipinski definition) is 7. The highest BCUT2D eigenvalue weighted by atomic mass is 35.5. The van der Waals surface area contributed by atoms with E-state index in [4.69, 9.17) is 16.3 Å². The van der Waals surface area contributed by atoms with Crippen molar-refractivity contribution in [3.63, 3.8) is 0 Å². The summed E-state index contributed by atoms with van der Waals surface area (Å²) < 4.78 is 6.95. The first-order valence-electron chi connectivity index (χ1n) is 9.56. The molecule has 0 spiro atoms. The normalized spacial score (nSPS) is 12.7. The zero-order chi connectivity index (χ0) is 21.8. The molecule has 3 aromatic heterocycles. The van der Waals surface area contributed by atoms with E-state index in [1.165, 1.54) is 0 Å². The Bertz CT molecular complexity index is 1390. The molecule has 0 atom stereocenters. The second kappa shape index (κ2) is 9.02. The van der Waals surface area contributed by atoms with Crippen LogP contribution in [0.25, 0.3) is 11.7 Å². The van der Waals surface area contributed by atoms with E-state index in [1.54, 1.807) is 35.0 Å². The van der Waals surface area contributed by atoms with Gasteiger partial charge in [0, 0.05) is 28.6 Å². The first-order valence-corrected chi connectivity index (χ1v) is 9.94. The minimum Gasteiger partial charge on any atom is -0.493 e. The van der Waals surface area contributed by atoms with Crippen molar-refractivity contribution in [1.82, 2.24) is 24.6 Å². The molecular weight excluding hydrogens is 422 g/mol. The third kappa shape index (κ3) is 4.76. The van der Waals surface area contributed by atoms with Crippen LogP contribution in [0.2, 0.25) is 5.02 Å². The van der Waals surface area contributed by atoms with Gasteiger partial charge < -0.3 is 20.1 Å². The Morgan fingerprint density at radius 1 is 1.35 bits per heavy atom. The van der Waals surface area contributed by atoms with E-state index in [2.05, 4.69) is 30.4 Å². The number of H-pyrrole nitrogens is 2. The van der Waals surface area contributed by atoms with E-state index >= 15 is 0 Å². The highest BCUT2D eigenvalue weighted by Crippen LogP contribution is 2.18. The standard InChI is InChI=1S/C20H20ClN7O3/c1-2-31-7-6-22-17-10-16(24-14-5-3-4-13(21)9-14)26-18-12(11-23-28(17)18)8-15-19(29)27-20(30)25-15/h3-5,8-11,24,29H,2,6-7H2,1H3,(H2,25,27,30)/b12-8-,22-17?. The van der Waals surface area contributed by atoms with Crippen molar-refractivity contribution in [2.24, 2.45) is 4.99 Å². The van der Waals surface area contributed by atoms with Gasteiger partial charge in [-0.2, -0.15) is 9.61 Å². The van der Waals surface area contributed by atoms with Crippen LogP contribution in [0.4, 0.5) is 11.5 Å². The fraction of sp³-hybridized carbons (Fsp3) is 0.200. The molecule has 10 nitrogen and oxygen atoms in total. The molecule has 4 N–H and O–H groups in total. The molecule has 0 amide bonds. The van der Waals surface area contributed by atoms with Crippen molar-refractivity contribution in [3.8, 4) is 5.88 Å².